The van der Waals surface area contributed by atoms with Gasteiger partial charge >= 0.3 is 0 Å². The van der Waals surface area contributed by atoms with E-state index in [0.29, 0.717) is 16.8 Å². The van der Waals surface area contributed by atoms with E-state index in [0.717, 1.165) is 29.7 Å². The number of H-pyrrole nitrogens is 2. The number of imidazole rings is 1. The van der Waals surface area contributed by atoms with Gasteiger partial charge in [0.2, 0.25) is 0 Å². The summed E-state index contributed by atoms with van der Waals surface area (Å²) in [6, 6.07) is 5.65. The van der Waals surface area contributed by atoms with Crippen molar-refractivity contribution in [2.24, 2.45) is 11.1 Å². The number of carbonyl (C=O) groups excluding carboxylic acids is 1. The number of aromatic nitrogens is 2. The molecule has 0 bridgehead atoms. The number of Topliss-reactive ketones (excluding diaryl/α,β-unsaturated/α-hetero) is 1. The number of aryl methyl sites for hydroxylation is 1. The molecule has 2 N–H and O–H groups in total. The smallest absolute Gasteiger partial charge is 0.174 e. The van der Waals surface area contributed by atoms with Crippen LogP contribution in [0.25, 0.3) is 0 Å². The highest BCUT2D eigenvalue weighted by Gasteiger charge is 2.29. The molecule has 2 aromatic rings. The van der Waals surface area contributed by atoms with Crippen LogP contribution in [0.3, 0.4) is 0 Å². The highest BCUT2D eigenvalue weighted by Crippen LogP contribution is 2.30. The normalized spacial score (nSPS) is 17.5. The zero-order chi connectivity index (χ0) is 14.8. The molecule has 5 nitrogen and oxygen atoms in total. The Labute approximate surface area is 126 Å². The fraction of sp³-hybridized carbons (Fsp3) is 0.333. The van der Waals surface area contributed by atoms with Crippen LogP contribution in [0.15, 0.2) is 29.6 Å². The third kappa shape index (κ3) is 2.71. The molecule has 3 rings (SSSR count). The van der Waals surface area contributed by atoms with Crippen molar-refractivity contribution < 1.29 is 4.79 Å². The van der Waals surface area contributed by atoms with Crippen molar-refractivity contribution in [3.05, 3.63) is 56.5 Å². The fourth-order valence-electron chi connectivity index (χ4n) is 2.99. The molecular formula is C15H15N3O2S. The van der Waals surface area contributed by atoms with E-state index in [1.54, 1.807) is 0 Å². The Morgan fingerprint density at radius 2 is 2.24 bits per heavy atom. The fourth-order valence-corrected chi connectivity index (χ4v) is 3.18. The van der Waals surface area contributed by atoms with Gasteiger partial charge in [-0.1, -0.05) is 23.4 Å². The van der Waals surface area contributed by atoms with Gasteiger partial charge in [0.1, 0.15) is 6.54 Å². The first-order valence-corrected chi connectivity index (χ1v) is 7.30. The lowest BCUT2D eigenvalue weighted by Crippen LogP contribution is -2.26. The number of rotatable bonds is 4. The van der Waals surface area contributed by atoms with E-state index in [1.165, 1.54) is 0 Å². The molecule has 1 aliphatic rings. The number of carbonyl (C=O) groups is 1. The molecule has 6 heteroatoms. The van der Waals surface area contributed by atoms with Crippen LogP contribution < -0.4 is 0 Å². The molecule has 1 atom stereocenters. The molecule has 1 aromatic heterocycles. The first-order valence-electron chi connectivity index (χ1n) is 6.89. The van der Waals surface area contributed by atoms with Crippen molar-refractivity contribution in [1.82, 2.24) is 9.97 Å². The number of nitrogens with zero attached hydrogens (tertiary/aromatic N) is 1. The van der Waals surface area contributed by atoms with Gasteiger partial charge in [-0.3, -0.25) is 4.79 Å². The molecule has 1 heterocycles. The van der Waals surface area contributed by atoms with E-state index in [4.69, 9.17) is 12.2 Å². The zero-order valence-electron chi connectivity index (χ0n) is 11.4. The van der Waals surface area contributed by atoms with Gasteiger partial charge in [-0.25, -0.2) is 0 Å². The molecule has 0 saturated heterocycles. The quantitative estimate of drug-likeness (QED) is 0.671. The molecule has 1 unspecified atom stereocenters. The third-order valence-electron chi connectivity index (χ3n) is 3.97. The number of fused-ring (bicyclic) bond motifs is 1. The van der Waals surface area contributed by atoms with Gasteiger partial charge in [0, 0.05) is 23.4 Å². The minimum absolute atomic E-state index is 0.0498. The first-order chi connectivity index (χ1) is 10.2. The molecule has 0 fully saturated rings. The summed E-state index contributed by atoms with van der Waals surface area (Å²) in [6.07, 6.45) is 4.11. The van der Waals surface area contributed by atoms with Crippen molar-refractivity contribution in [2.45, 2.75) is 25.8 Å². The maximum Gasteiger partial charge on any atom is 0.174 e. The Hall–Kier alpha value is -2.08. The number of hydrogen-bond donors (Lipinski definition) is 2. The Morgan fingerprint density at radius 1 is 1.38 bits per heavy atom. The molecule has 0 spiro atoms. The summed E-state index contributed by atoms with van der Waals surface area (Å²) in [5, 5.41) is 2.93. The van der Waals surface area contributed by atoms with Crippen molar-refractivity contribution in [2.75, 3.05) is 0 Å². The molecular weight excluding hydrogens is 286 g/mol. The second kappa shape index (κ2) is 5.73. The Morgan fingerprint density at radius 3 is 2.95 bits per heavy atom. The second-order valence-electron chi connectivity index (χ2n) is 5.31. The van der Waals surface area contributed by atoms with Gasteiger partial charge in [0.25, 0.3) is 0 Å². The Bertz CT molecular complexity index is 747. The minimum atomic E-state index is -0.0771. The molecule has 0 aliphatic heterocycles. The standard InChI is InChI=1S/C15H15N3O2S/c19-14-10(6-12-8-16-15(21)18-12)5-4-9-2-1-3-11(7-17-20)13(9)14/h1-3,8,10H,4-7H2,(H2,16,18,21). The molecule has 0 radical (unpaired) electrons. The van der Waals surface area contributed by atoms with Crippen molar-refractivity contribution in [1.29, 1.82) is 0 Å². The number of benzene rings is 1. The number of nitroso groups, excluding NO2 is 1. The lowest BCUT2D eigenvalue weighted by atomic mass is 9.78. The summed E-state index contributed by atoms with van der Waals surface area (Å²) < 4.78 is 0.569. The first kappa shape index (κ1) is 13.9. The predicted molar refractivity (Wildman–Crippen MR) is 81.8 cm³/mol. The number of hydrogen-bond acceptors (Lipinski definition) is 4. The number of aromatic amines is 2. The summed E-state index contributed by atoms with van der Waals surface area (Å²) in [6.45, 7) is 0.0498. The summed E-state index contributed by atoms with van der Waals surface area (Å²) in [5.41, 5.74) is 3.40. The predicted octanol–water partition coefficient (Wildman–Crippen LogP) is 3.33. The van der Waals surface area contributed by atoms with Gasteiger partial charge in [-0.2, -0.15) is 4.91 Å². The van der Waals surface area contributed by atoms with Crippen LogP contribution in [0.4, 0.5) is 0 Å². The van der Waals surface area contributed by atoms with Gasteiger partial charge in [0.15, 0.2) is 10.6 Å². The molecule has 0 saturated carbocycles. The summed E-state index contributed by atoms with van der Waals surface area (Å²) in [4.78, 5) is 29.3. The second-order valence-corrected chi connectivity index (χ2v) is 5.72. The Balaban J connectivity index is 1.90. The third-order valence-corrected chi connectivity index (χ3v) is 4.19. The number of nitrogens with one attached hydrogen (secondary N) is 2. The van der Waals surface area contributed by atoms with Crippen LogP contribution in [0, 0.1) is 15.6 Å². The largest absolute Gasteiger partial charge is 0.337 e. The van der Waals surface area contributed by atoms with Crippen LogP contribution in [0.5, 0.6) is 0 Å². The zero-order valence-corrected chi connectivity index (χ0v) is 12.2. The SMILES string of the molecule is O=NCc1cccc2c1C(=O)C(Cc1c[nH]c(=S)[nH]1)CC2. The van der Waals surface area contributed by atoms with Crippen molar-refractivity contribution in [3.63, 3.8) is 0 Å². The van der Waals surface area contributed by atoms with Gasteiger partial charge in [0.05, 0.1) is 0 Å². The van der Waals surface area contributed by atoms with Gasteiger partial charge in [-0.05, 0) is 42.6 Å². The Kier molecular flexibility index (Phi) is 3.79. The maximum atomic E-state index is 12.7. The van der Waals surface area contributed by atoms with Crippen LogP contribution in [-0.2, 0) is 19.4 Å². The lowest BCUT2D eigenvalue weighted by Gasteiger charge is -2.24. The molecule has 0 amide bonds. The van der Waals surface area contributed by atoms with Crippen LogP contribution in [0.2, 0.25) is 0 Å². The van der Waals surface area contributed by atoms with Crippen LogP contribution in [-0.4, -0.2) is 15.8 Å². The van der Waals surface area contributed by atoms with E-state index >= 15 is 0 Å². The summed E-state index contributed by atoms with van der Waals surface area (Å²) >= 11 is 5.01. The molecule has 21 heavy (non-hydrogen) atoms. The van der Waals surface area contributed by atoms with E-state index in [1.807, 2.05) is 24.4 Å². The maximum absolute atomic E-state index is 12.7. The molecule has 1 aromatic carbocycles. The van der Waals surface area contributed by atoms with E-state index in [-0.39, 0.29) is 18.2 Å². The highest BCUT2D eigenvalue weighted by atomic mass is 32.1. The topological polar surface area (TPSA) is 78.1 Å². The monoisotopic (exact) mass is 301 g/mol. The number of ketones is 1. The molecule has 1 aliphatic carbocycles. The van der Waals surface area contributed by atoms with Gasteiger partial charge < -0.3 is 9.97 Å². The lowest BCUT2D eigenvalue weighted by molar-refractivity contribution is 0.0899. The minimum Gasteiger partial charge on any atom is -0.337 e. The average Bonchev–Trinajstić information content (AvgIpc) is 2.88. The van der Waals surface area contributed by atoms with Crippen LogP contribution >= 0.6 is 12.2 Å². The molecule has 108 valence electrons. The van der Waals surface area contributed by atoms with Crippen LogP contribution in [0.1, 0.15) is 33.6 Å². The van der Waals surface area contributed by atoms with Crippen molar-refractivity contribution >= 4 is 18.0 Å². The van der Waals surface area contributed by atoms with E-state index in [9.17, 15) is 9.70 Å². The summed E-state index contributed by atoms with van der Waals surface area (Å²) in [7, 11) is 0. The average molecular weight is 301 g/mol. The van der Waals surface area contributed by atoms with Gasteiger partial charge in [-0.15, -0.1) is 0 Å². The van der Waals surface area contributed by atoms with E-state index in [2.05, 4.69) is 15.1 Å². The van der Waals surface area contributed by atoms with E-state index < -0.39 is 0 Å². The summed E-state index contributed by atoms with van der Waals surface area (Å²) in [5.74, 6) is 0.0303. The van der Waals surface area contributed by atoms with Crippen molar-refractivity contribution in [3.8, 4) is 0 Å². The highest BCUT2D eigenvalue weighted by molar-refractivity contribution is 7.71.